The van der Waals surface area contributed by atoms with Gasteiger partial charge in [-0.05, 0) is 44.0 Å². The second-order valence-electron chi connectivity index (χ2n) is 4.85. The van der Waals surface area contributed by atoms with E-state index in [1.807, 2.05) is 26.0 Å². The highest BCUT2D eigenvalue weighted by Gasteiger charge is 2.26. The Kier molecular flexibility index (Phi) is 3.41. The minimum absolute atomic E-state index is 0.0571. The number of ketones is 2. The van der Waals surface area contributed by atoms with Gasteiger partial charge in [-0.3, -0.25) is 14.6 Å². The summed E-state index contributed by atoms with van der Waals surface area (Å²) in [6.07, 6.45) is 1.36. The number of hydrogen-bond donors (Lipinski definition) is 0. The summed E-state index contributed by atoms with van der Waals surface area (Å²) in [4.78, 5) is 27.3. The minimum Gasteiger partial charge on any atom is -0.299 e. The Balaban J connectivity index is 2.33. The van der Waals surface area contributed by atoms with Crippen LogP contribution in [0.5, 0.6) is 0 Å². The molecule has 0 aromatic heterocycles. The Hall–Kier alpha value is -1.77. The average Bonchev–Trinajstić information content (AvgIpc) is 2.63. The fraction of sp³-hybridized carbons (Fsp3) is 0.400. The lowest BCUT2D eigenvalue weighted by atomic mass is 10.1. The summed E-state index contributed by atoms with van der Waals surface area (Å²) in [5.41, 5.74) is 3.49. The first-order valence-corrected chi connectivity index (χ1v) is 6.21. The fourth-order valence-corrected chi connectivity index (χ4v) is 2.18. The molecule has 1 unspecified atom stereocenters. The number of rotatable bonds is 2. The van der Waals surface area contributed by atoms with Crippen molar-refractivity contribution in [1.82, 2.24) is 0 Å². The Morgan fingerprint density at radius 2 is 2.06 bits per heavy atom. The molecule has 2 rings (SSSR count). The van der Waals surface area contributed by atoms with E-state index in [4.69, 9.17) is 0 Å². The monoisotopic (exact) mass is 243 g/mol. The molecule has 1 atom stereocenters. The van der Waals surface area contributed by atoms with E-state index in [2.05, 4.69) is 4.99 Å². The van der Waals surface area contributed by atoms with Gasteiger partial charge < -0.3 is 0 Å². The topological polar surface area (TPSA) is 46.5 Å². The van der Waals surface area contributed by atoms with Crippen LogP contribution in [-0.4, -0.2) is 17.3 Å². The van der Waals surface area contributed by atoms with Crippen LogP contribution in [0.25, 0.3) is 0 Å². The summed E-state index contributed by atoms with van der Waals surface area (Å²) in [5, 5.41) is 0. The molecule has 0 bridgehead atoms. The van der Waals surface area contributed by atoms with Crippen LogP contribution in [0.2, 0.25) is 0 Å². The van der Waals surface area contributed by atoms with E-state index in [1.165, 1.54) is 0 Å². The first-order chi connectivity index (χ1) is 8.49. The molecule has 1 saturated carbocycles. The highest BCUT2D eigenvalue weighted by Crippen LogP contribution is 2.26. The van der Waals surface area contributed by atoms with Gasteiger partial charge in [0.15, 0.2) is 5.78 Å². The molecule has 1 fully saturated rings. The smallest absolute Gasteiger partial charge is 0.159 e. The Morgan fingerprint density at radius 1 is 1.33 bits per heavy atom. The highest BCUT2D eigenvalue weighted by atomic mass is 16.1. The molecule has 0 N–H and O–H groups in total. The van der Waals surface area contributed by atoms with Crippen LogP contribution in [0.1, 0.15) is 42.6 Å². The van der Waals surface area contributed by atoms with E-state index < -0.39 is 0 Å². The van der Waals surface area contributed by atoms with E-state index in [0.29, 0.717) is 12.0 Å². The van der Waals surface area contributed by atoms with E-state index in [0.717, 1.165) is 23.4 Å². The highest BCUT2D eigenvalue weighted by molar-refractivity contribution is 6.11. The molecule has 0 radical (unpaired) electrons. The zero-order valence-corrected chi connectivity index (χ0v) is 11.0. The number of carbonyl (C=O) groups is 2. The van der Waals surface area contributed by atoms with Crippen LogP contribution in [0.15, 0.2) is 23.2 Å². The molecular formula is C15H17NO2. The van der Waals surface area contributed by atoms with E-state index in [9.17, 15) is 9.59 Å². The van der Waals surface area contributed by atoms with Crippen LogP contribution in [0, 0.1) is 12.8 Å². The average molecular weight is 243 g/mol. The number of benzene rings is 1. The molecule has 1 aliphatic carbocycles. The number of aliphatic imine (C=N–C) groups is 1. The predicted molar refractivity (Wildman–Crippen MR) is 71.7 cm³/mol. The maximum Gasteiger partial charge on any atom is 0.159 e. The molecule has 1 aromatic carbocycles. The van der Waals surface area contributed by atoms with Crippen LogP contribution in [-0.2, 0) is 4.79 Å². The van der Waals surface area contributed by atoms with Crippen molar-refractivity contribution in [2.24, 2.45) is 10.9 Å². The third-order valence-corrected chi connectivity index (χ3v) is 3.48. The summed E-state index contributed by atoms with van der Waals surface area (Å²) in [7, 11) is 0. The first kappa shape index (κ1) is 12.7. The molecule has 18 heavy (non-hydrogen) atoms. The molecule has 0 aliphatic heterocycles. The van der Waals surface area contributed by atoms with Gasteiger partial charge in [-0.25, -0.2) is 0 Å². The van der Waals surface area contributed by atoms with Gasteiger partial charge in [-0.1, -0.05) is 6.92 Å². The van der Waals surface area contributed by atoms with Gasteiger partial charge in [0.25, 0.3) is 0 Å². The van der Waals surface area contributed by atoms with Crippen LogP contribution in [0.3, 0.4) is 0 Å². The molecule has 0 spiro atoms. The largest absolute Gasteiger partial charge is 0.299 e. The molecule has 3 heteroatoms. The van der Waals surface area contributed by atoms with Gasteiger partial charge in [-0.15, -0.1) is 0 Å². The second-order valence-corrected chi connectivity index (χ2v) is 4.85. The summed E-state index contributed by atoms with van der Waals surface area (Å²) < 4.78 is 0. The SMILES string of the molecule is CC(=O)c1ccc(N=C2CCC(=O)C2C)c(C)c1. The summed E-state index contributed by atoms with van der Waals surface area (Å²) in [6.45, 7) is 5.40. The molecule has 0 saturated heterocycles. The Morgan fingerprint density at radius 3 is 2.56 bits per heavy atom. The first-order valence-electron chi connectivity index (χ1n) is 6.21. The van der Waals surface area contributed by atoms with E-state index in [-0.39, 0.29) is 17.5 Å². The van der Waals surface area contributed by atoms with Crippen molar-refractivity contribution in [3.05, 3.63) is 29.3 Å². The van der Waals surface area contributed by atoms with Gasteiger partial charge in [-0.2, -0.15) is 0 Å². The minimum atomic E-state index is -0.0584. The Labute approximate surface area is 107 Å². The second kappa shape index (κ2) is 4.84. The van der Waals surface area contributed by atoms with Gasteiger partial charge in [0.1, 0.15) is 5.78 Å². The van der Waals surface area contributed by atoms with Gasteiger partial charge >= 0.3 is 0 Å². The molecule has 3 nitrogen and oxygen atoms in total. The van der Waals surface area contributed by atoms with Gasteiger partial charge in [0.05, 0.1) is 11.6 Å². The van der Waals surface area contributed by atoms with E-state index >= 15 is 0 Å². The summed E-state index contributed by atoms with van der Waals surface area (Å²) >= 11 is 0. The number of aryl methyl sites for hydroxylation is 1. The number of Topliss-reactive ketones (excluding diaryl/α,β-unsaturated/α-hetero) is 2. The van der Waals surface area contributed by atoms with Crippen molar-refractivity contribution < 1.29 is 9.59 Å². The predicted octanol–water partition coefficient (Wildman–Crippen LogP) is 3.27. The normalized spacial score (nSPS) is 21.6. The van der Waals surface area contributed by atoms with E-state index in [1.54, 1.807) is 13.0 Å². The summed E-state index contributed by atoms with van der Waals surface area (Å²) in [6, 6.07) is 5.49. The number of hydrogen-bond acceptors (Lipinski definition) is 3. The maximum absolute atomic E-state index is 11.5. The summed E-state index contributed by atoms with van der Waals surface area (Å²) in [5.74, 6) is 0.269. The molecule has 0 heterocycles. The van der Waals surface area contributed by atoms with Crippen LogP contribution >= 0.6 is 0 Å². The molecule has 1 aromatic rings. The van der Waals surface area contributed by atoms with Crippen molar-refractivity contribution in [3.8, 4) is 0 Å². The van der Waals surface area contributed by atoms with Crippen molar-refractivity contribution in [1.29, 1.82) is 0 Å². The quantitative estimate of drug-likeness (QED) is 0.748. The lowest BCUT2D eigenvalue weighted by Crippen LogP contribution is -2.09. The lowest BCUT2D eigenvalue weighted by Gasteiger charge is -2.06. The Bertz CT molecular complexity index is 543. The van der Waals surface area contributed by atoms with Crippen molar-refractivity contribution in [2.45, 2.75) is 33.6 Å². The third-order valence-electron chi connectivity index (χ3n) is 3.48. The standard InChI is InChI=1S/C15H17NO2/c1-9-8-12(11(3)17)4-5-13(9)16-14-6-7-15(18)10(14)2/h4-5,8,10H,6-7H2,1-3H3. The molecular weight excluding hydrogens is 226 g/mol. The third kappa shape index (κ3) is 2.40. The number of carbonyl (C=O) groups excluding carboxylic acids is 2. The van der Waals surface area contributed by atoms with Crippen molar-refractivity contribution in [2.75, 3.05) is 0 Å². The lowest BCUT2D eigenvalue weighted by molar-refractivity contribution is -0.119. The zero-order valence-electron chi connectivity index (χ0n) is 11.0. The van der Waals surface area contributed by atoms with Gasteiger partial charge in [0.2, 0.25) is 0 Å². The molecule has 1 aliphatic rings. The van der Waals surface area contributed by atoms with Gasteiger partial charge in [0, 0.05) is 17.7 Å². The molecule has 94 valence electrons. The van der Waals surface area contributed by atoms with Crippen molar-refractivity contribution >= 4 is 23.0 Å². The fourth-order valence-electron chi connectivity index (χ4n) is 2.18. The zero-order chi connectivity index (χ0) is 13.3. The maximum atomic E-state index is 11.5. The molecule has 0 amide bonds. The number of nitrogens with zero attached hydrogens (tertiary/aromatic N) is 1. The van der Waals surface area contributed by atoms with Crippen LogP contribution < -0.4 is 0 Å². The van der Waals surface area contributed by atoms with Crippen molar-refractivity contribution in [3.63, 3.8) is 0 Å². The van der Waals surface area contributed by atoms with Crippen LogP contribution in [0.4, 0.5) is 5.69 Å².